The summed E-state index contributed by atoms with van der Waals surface area (Å²) in [7, 11) is 3.57. The van der Waals surface area contributed by atoms with E-state index in [0.717, 1.165) is 32.5 Å². The van der Waals surface area contributed by atoms with Gasteiger partial charge in [-0.05, 0) is 24.9 Å². The van der Waals surface area contributed by atoms with Crippen molar-refractivity contribution in [3.05, 3.63) is 35.9 Å². The lowest BCUT2D eigenvalue weighted by atomic mass is 9.96. The Morgan fingerprint density at radius 2 is 2.00 bits per heavy atom. The van der Waals surface area contributed by atoms with Gasteiger partial charge in [0.1, 0.15) is 0 Å². The third-order valence-electron chi connectivity index (χ3n) is 4.29. The number of carbonyl (C=O) groups is 1. The van der Waals surface area contributed by atoms with Gasteiger partial charge in [-0.15, -0.1) is 0 Å². The third-order valence-corrected chi connectivity index (χ3v) is 4.29. The monoisotopic (exact) mass is 290 g/mol. The molecule has 0 spiro atoms. The minimum Gasteiger partial charge on any atom is -0.396 e. The Kier molecular flexibility index (Phi) is 5.76. The molecule has 21 heavy (non-hydrogen) atoms. The SMILES string of the molecule is CN(C)C(=O)[C@@H]1CN(CCCc2ccccc2)C[C@H]1CO. The molecule has 1 aliphatic rings. The number of hydrogen-bond acceptors (Lipinski definition) is 3. The van der Waals surface area contributed by atoms with E-state index in [1.54, 1.807) is 19.0 Å². The second-order valence-electron chi connectivity index (χ2n) is 6.13. The van der Waals surface area contributed by atoms with Crippen molar-refractivity contribution >= 4 is 5.91 Å². The molecular weight excluding hydrogens is 264 g/mol. The molecule has 2 rings (SSSR count). The van der Waals surface area contributed by atoms with Crippen LogP contribution in [-0.2, 0) is 11.2 Å². The van der Waals surface area contributed by atoms with Crippen molar-refractivity contribution < 1.29 is 9.90 Å². The topological polar surface area (TPSA) is 43.8 Å². The first-order valence-electron chi connectivity index (χ1n) is 7.70. The van der Waals surface area contributed by atoms with Gasteiger partial charge in [-0.2, -0.15) is 0 Å². The first-order chi connectivity index (χ1) is 10.1. The van der Waals surface area contributed by atoms with Gasteiger partial charge in [-0.25, -0.2) is 0 Å². The second kappa shape index (κ2) is 7.57. The number of aliphatic hydroxyl groups excluding tert-OH is 1. The fourth-order valence-electron chi connectivity index (χ4n) is 3.09. The molecule has 116 valence electrons. The predicted molar refractivity (Wildman–Crippen MR) is 84.0 cm³/mol. The molecule has 0 radical (unpaired) electrons. The Bertz CT molecular complexity index is 447. The molecule has 0 bridgehead atoms. The minimum atomic E-state index is -0.0540. The molecule has 1 N–H and O–H groups in total. The molecule has 1 amide bonds. The number of aryl methyl sites for hydroxylation is 1. The van der Waals surface area contributed by atoms with Crippen LogP contribution in [0.2, 0.25) is 0 Å². The van der Waals surface area contributed by atoms with E-state index in [1.807, 2.05) is 6.07 Å². The lowest BCUT2D eigenvalue weighted by molar-refractivity contribution is -0.134. The summed E-state index contributed by atoms with van der Waals surface area (Å²) >= 11 is 0. The standard InChI is InChI=1S/C17H26N2O2/c1-18(2)17(21)16-12-19(11-15(16)13-20)10-6-9-14-7-4-3-5-8-14/h3-5,7-8,15-16,20H,6,9-13H2,1-2H3/t15-,16+/m0/s1. The molecule has 1 saturated heterocycles. The zero-order chi connectivity index (χ0) is 15.2. The van der Waals surface area contributed by atoms with E-state index in [-0.39, 0.29) is 24.3 Å². The summed E-state index contributed by atoms with van der Waals surface area (Å²) in [5.74, 6) is 0.165. The van der Waals surface area contributed by atoms with Gasteiger partial charge >= 0.3 is 0 Å². The zero-order valence-electron chi connectivity index (χ0n) is 13.0. The van der Waals surface area contributed by atoms with Crippen molar-refractivity contribution in [3.63, 3.8) is 0 Å². The molecule has 0 aromatic heterocycles. The highest BCUT2D eigenvalue weighted by atomic mass is 16.3. The fourth-order valence-corrected chi connectivity index (χ4v) is 3.09. The van der Waals surface area contributed by atoms with Crippen LogP contribution in [-0.4, -0.2) is 61.2 Å². The summed E-state index contributed by atoms with van der Waals surface area (Å²) in [5, 5.41) is 9.49. The summed E-state index contributed by atoms with van der Waals surface area (Å²) in [6.07, 6.45) is 2.15. The summed E-state index contributed by atoms with van der Waals surface area (Å²) in [6, 6.07) is 10.5. The summed E-state index contributed by atoms with van der Waals surface area (Å²) < 4.78 is 0. The van der Waals surface area contributed by atoms with Crippen molar-refractivity contribution in [2.24, 2.45) is 11.8 Å². The second-order valence-corrected chi connectivity index (χ2v) is 6.13. The maximum absolute atomic E-state index is 12.1. The predicted octanol–water partition coefficient (Wildman–Crippen LogP) is 1.25. The van der Waals surface area contributed by atoms with Crippen LogP contribution in [0.3, 0.4) is 0 Å². The van der Waals surface area contributed by atoms with E-state index in [0.29, 0.717) is 0 Å². The number of rotatable bonds is 6. The summed E-state index contributed by atoms with van der Waals surface area (Å²) in [4.78, 5) is 16.1. The molecule has 4 heteroatoms. The third kappa shape index (κ3) is 4.29. The Labute approximate surface area is 127 Å². The van der Waals surface area contributed by atoms with Crippen molar-refractivity contribution in [2.75, 3.05) is 40.3 Å². The van der Waals surface area contributed by atoms with E-state index in [9.17, 15) is 9.90 Å². The number of aliphatic hydroxyl groups is 1. The number of hydrogen-bond donors (Lipinski definition) is 1. The summed E-state index contributed by atoms with van der Waals surface area (Å²) in [6.45, 7) is 2.69. The van der Waals surface area contributed by atoms with E-state index in [4.69, 9.17) is 0 Å². The smallest absolute Gasteiger partial charge is 0.226 e. The maximum atomic E-state index is 12.1. The van der Waals surface area contributed by atoms with Crippen molar-refractivity contribution in [1.82, 2.24) is 9.80 Å². The Balaban J connectivity index is 1.81. The molecule has 0 unspecified atom stereocenters. The van der Waals surface area contributed by atoms with E-state index >= 15 is 0 Å². The Hall–Kier alpha value is -1.39. The normalized spacial score (nSPS) is 22.4. The van der Waals surface area contributed by atoms with Crippen LogP contribution in [0.25, 0.3) is 0 Å². The van der Waals surface area contributed by atoms with Gasteiger partial charge in [-0.3, -0.25) is 4.79 Å². The van der Waals surface area contributed by atoms with Crippen LogP contribution in [0.5, 0.6) is 0 Å². The average Bonchev–Trinajstić information content (AvgIpc) is 2.90. The first kappa shape index (κ1) is 16.0. The number of nitrogens with zero attached hydrogens (tertiary/aromatic N) is 2. The Morgan fingerprint density at radius 1 is 1.29 bits per heavy atom. The molecule has 1 heterocycles. The van der Waals surface area contributed by atoms with Crippen molar-refractivity contribution in [2.45, 2.75) is 12.8 Å². The highest BCUT2D eigenvalue weighted by Gasteiger charge is 2.37. The van der Waals surface area contributed by atoms with Crippen molar-refractivity contribution in [1.29, 1.82) is 0 Å². The molecule has 1 aromatic carbocycles. The van der Waals surface area contributed by atoms with Crippen LogP contribution in [0, 0.1) is 11.8 Å². The van der Waals surface area contributed by atoms with Gasteiger partial charge in [0.2, 0.25) is 5.91 Å². The maximum Gasteiger partial charge on any atom is 0.226 e. The number of carbonyl (C=O) groups excluding carboxylic acids is 1. The first-order valence-corrected chi connectivity index (χ1v) is 7.70. The molecule has 1 aromatic rings. The van der Waals surface area contributed by atoms with Crippen LogP contribution >= 0.6 is 0 Å². The molecule has 0 saturated carbocycles. The van der Waals surface area contributed by atoms with E-state index in [2.05, 4.69) is 29.2 Å². The van der Waals surface area contributed by atoms with Gasteiger partial charge in [0, 0.05) is 39.7 Å². The highest BCUT2D eigenvalue weighted by molar-refractivity contribution is 5.79. The quantitative estimate of drug-likeness (QED) is 0.857. The van der Waals surface area contributed by atoms with E-state index in [1.165, 1.54) is 5.56 Å². The van der Waals surface area contributed by atoms with Gasteiger partial charge < -0.3 is 14.9 Å². The van der Waals surface area contributed by atoms with Gasteiger partial charge in [0.25, 0.3) is 0 Å². The number of likely N-dealkylation sites (tertiary alicyclic amines) is 1. The molecule has 2 atom stereocenters. The van der Waals surface area contributed by atoms with Crippen LogP contribution < -0.4 is 0 Å². The van der Waals surface area contributed by atoms with Crippen LogP contribution in [0.1, 0.15) is 12.0 Å². The number of amides is 1. The van der Waals surface area contributed by atoms with Gasteiger partial charge in [0.15, 0.2) is 0 Å². The molecule has 1 fully saturated rings. The number of benzene rings is 1. The molecular formula is C17H26N2O2. The van der Waals surface area contributed by atoms with Crippen molar-refractivity contribution in [3.8, 4) is 0 Å². The fraction of sp³-hybridized carbons (Fsp3) is 0.588. The van der Waals surface area contributed by atoms with Crippen LogP contribution in [0.15, 0.2) is 30.3 Å². The zero-order valence-corrected chi connectivity index (χ0v) is 13.0. The average molecular weight is 290 g/mol. The van der Waals surface area contributed by atoms with Crippen LogP contribution in [0.4, 0.5) is 0 Å². The molecule has 1 aliphatic heterocycles. The minimum absolute atomic E-state index is 0.0540. The largest absolute Gasteiger partial charge is 0.396 e. The van der Waals surface area contributed by atoms with Gasteiger partial charge in [0.05, 0.1) is 5.92 Å². The Morgan fingerprint density at radius 3 is 2.62 bits per heavy atom. The molecule has 4 nitrogen and oxygen atoms in total. The summed E-state index contributed by atoms with van der Waals surface area (Å²) in [5.41, 5.74) is 1.36. The molecule has 0 aliphatic carbocycles. The highest BCUT2D eigenvalue weighted by Crippen LogP contribution is 2.24. The van der Waals surface area contributed by atoms with Gasteiger partial charge in [-0.1, -0.05) is 30.3 Å². The van der Waals surface area contributed by atoms with E-state index < -0.39 is 0 Å². The lowest BCUT2D eigenvalue weighted by Gasteiger charge is -2.19. The lowest BCUT2D eigenvalue weighted by Crippen LogP contribution is -2.35.